The van der Waals surface area contributed by atoms with Gasteiger partial charge in [-0.15, -0.1) is 0 Å². The summed E-state index contributed by atoms with van der Waals surface area (Å²) in [5.74, 6) is 0.754. The van der Waals surface area contributed by atoms with E-state index >= 15 is 0 Å². The Morgan fingerprint density at radius 2 is 2.08 bits per heavy atom. The fourth-order valence-electron chi connectivity index (χ4n) is 1.55. The number of rotatable bonds is 5. The molecule has 3 nitrogen and oxygen atoms in total. The molecule has 0 aromatic rings. The van der Waals surface area contributed by atoms with E-state index in [-0.39, 0.29) is 5.91 Å². The maximum atomic E-state index is 11.0. The number of thiol groups is 1. The molecule has 0 aromatic carbocycles. The molecule has 1 N–H and O–H groups in total. The molecule has 13 heavy (non-hydrogen) atoms. The second-order valence-corrected chi connectivity index (χ2v) is 3.82. The Balaban J connectivity index is 1.96. The quantitative estimate of drug-likeness (QED) is 0.637. The van der Waals surface area contributed by atoms with Crippen LogP contribution in [-0.4, -0.2) is 42.7 Å². The lowest BCUT2D eigenvalue weighted by Crippen LogP contribution is -2.33. The summed E-state index contributed by atoms with van der Waals surface area (Å²) in [6.45, 7) is 4.18. The van der Waals surface area contributed by atoms with Gasteiger partial charge in [-0.3, -0.25) is 4.79 Å². The summed E-state index contributed by atoms with van der Waals surface area (Å²) in [5, 5.41) is 2.88. The van der Waals surface area contributed by atoms with Crippen molar-refractivity contribution in [1.29, 1.82) is 0 Å². The average molecular weight is 202 g/mol. The van der Waals surface area contributed by atoms with Crippen LogP contribution in [-0.2, 0) is 4.79 Å². The fraction of sp³-hybridized carbons (Fsp3) is 0.889. The molecule has 0 spiro atoms. The minimum Gasteiger partial charge on any atom is -0.355 e. The Morgan fingerprint density at radius 3 is 2.69 bits per heavy atom. The standard InChI is InChI=1S/C9H18N2OS/c12-9(3-8-13)10-4-7-11-5-1-2-6-11/h13H,1-8H2,(H,10,12). The highest BCUT2D eigenvalue weighted by molar-refractivity contribution is 7.80. The third kappa shape index (κ3) is 4.52. The van der Waals surface area contributed by atoms with Crippen molar-refractivity contribution in [3.63, 3.8) is 0 Å². The highest BCUT2D eigenvalue weighted by atomic mass is 32.1. The van der Waals surface area contributed by atoms with Crippen molar-refractivity contribution in [2.24, 2.45) is 0 Å². The molecule has 0 atom stereocenters. The molecule has 76 valence electrons. The van der Waals surface area contributed by atoms with Gasteiger partial charge in [-0.1, -0.05) is 0 Å². The van der Waals surface area contributed by atoms with Gasteiger partial charge in [0, 0.05) is 19.5 Å². The van der Waals surface area contributed by atoms with Crippen LogP contribution in [0, 0.1) is 0 Å². The summed E-state index contributed by atoms with van der Waals surface area (Å²) in [4.78, 5) is 13.4. The van der Waals surface area contributed by atoms with Crippen LogP contribution in [0.25, 0.3) is 0 Å². The van der Waals surface area contributed by atoms with Gasteiger partial charge in [0.2, 0.25) is 5.91 Å². The van der Waals surface area contributed by atoms with E-state index in [1.165, 1.54) is 25.9 Å². The van der Waals surface area contributed by atoms with Gasteiger partial charge in [-0.2, -0.15) is 12.6 Å². The summed E-state index contributed by atoms with van der Waals surface area (Å²) in [6.07, 6.45) is 3.15. The second kappa shape index (κ2) is 6.27. The first-order valence-electron chi connectivity index (χ1n) is 4.93. The molecule has 0 unspecified atom stereocenters. The van der Waals surface area contributed by atoms with Crippen molar-refractivity contribution < 1.29 is 4.79 Å². The van der Waals surface area contributed by atoms with Crippen molar-refractivity contribution in [2.45, 2.75) is 19.3 Å². The Kier molecular flexibility index (Phi) is 5.23. The van der Waals surface area contributed by atoms with Crippen LogP contribution in [0.5, 0.6) is 0 Å². The van der Waals surface area contributed by atoms with E-state index in [0.29, 0.717) is 12.2 Å². The fourth-order valence-corrected chi connectivity index (χ4v) is 1.75. The number of likely N-dealkylation sites (tertiary alicyclic amines) is 1. The summed E-state index contributed by atoms with van der Waals surface area (Å²) in [7, 11) is 0. The zero-order valence-electron chi connectivity index (χ0n) is 7.96. The molecule has 1 rings (SSSR count). The molecule has 1 heterocycles. The maximum absolute atomic E-state index is 11.0. The third-order valence-corrected chi connectivity index (χ3v) is 2.51. The number of hydrogen-bond donors (Lipinski definition) is 2. The van der Waals surface area contributed by atoms with E-state index in [1.54, 1.807) is 0 Å². The molecule has 1 aliphatic rings. The van der Waals surface area contributed by atoms with Crippen molar-refractivity contribution >= 4 is 18.5 Å². The van der Waals surface area contributed by atoms with Gasteiger partial charge in [-0.05, 0) is 31.7 Å². The van der Waals surface area contributed by atoms with Gasteiger partial charge >= 0.3 is 0 Å². The van der Waals surface area contributed by atoms with Crippen molar-refractivity contribution in [3.05, 3.63) is 0 Å². The highest BCUT2D eigenvalue weighted by Crippen LogP contribution is 2.05. The smallest absolute Gasteiger partial charge is 0.220 e. The van der Waals surface area contributed by atoms with Crippen LogP contribution >= 0.6 is 12.6 Å². The minimum atomic E-state index is 0.120. The predicted octanol–water partition coefficient (Wildman–Crippen LogP) is 0.518. The van der Waals surface area contributed by atoms with E-state index in [2.05, 4.69) is 22.8 Å². The first-order valence-corrected chi connectivity index (χ1v) is 5.56. The molecule has 0 aliphatic carbocycles. The van der Waals surface area contributed by atoms with Crippen molar-refractivity contribution in [1.82, 2.24) is 10.2 Å². The van der Waals surface area contributed by atoms with Gasteiger partial charge in [0.05, 0.1) is 0 Å². The van der Waals surface area contributed by atoms with Gasteiger partial charge < -0.3 is 10.2 Å². The number of carbonyl (C=O) groups excluding carboxylic acids is 1. The molecular weight excluding hydrogens is 184 g/mol. The lowest BCUT2D eigenvalue weighted by molar-refractivity contribution is -0.120. The minimum absolute atomic E-state index is 0.120. The normalized spacial score (nSPS) is 17.6. The van der Waals surface area contributed by atoms with Gasteiger partial charge in [0.1, 0.15) is 0 Å². The number of nitrogens with zero attached hydrogens (tertiary/aromatic N) is 1. The average Bonchev–Trinajstić information content (AvgIpc) is 2.57. The first-order chi connectivity index (χ1) is 6.33. The number of carbonyl (C=O) groups is 1. The molecular formula is C9H18N2OS. The van der Waals surface area contributed by atoms with Crippen LogP contribution in [0.1, 0.15) is 19.3 Å². The maximum Gasteiger partial charge on any atom is 0.220 e. The zero-order chi connectivity index (χ0) is 9.52. The van der Waals surface area contributed by atoms with Crippen molar-refractivity contribution in [3.8, 4) is 0 Å². The molecule has 0 bridgehead atoms. The summed E-state index contributed by atoms with van der Waals surface area (Å²) < 4.78 is 0. The topological polar surface area (TPSA) is 32.3 Å². The Bertz CT molecular complexity index is 158. The van der Waals surface area contributed by atoms with Crippen LogP contribution < -0.4 is 5.32 Å². The molecule has 1 fully saturated rings. The van der Waals surface area contributed by atoms with Crippen LogP contribution in [0.4, 0.5) is 0 Å². The van der Waals surface area contributed by atoms with Crippen LogP contribution in [0.3, 0.4) is 0 Å². The second-order valence-electron chi connectivity index (χ2n) is 3.37. The Labute approximate surface area is 85.3 Å². The Morgan fingerprint density at radius 1 is 1.38 bits per heavy atom. The predicted molar refractivity (Wildman–Crippen MR) is 57.2 cm³/mol. The largest absolute Gasteiger partial charge is 0.355 e. The monoisotopic (exact) mass is 202 g/mol. The van der Waals surface area contributed by atoms with E-state index in [0.717, 1.165) is 13.1 Å². The molecule has 1 amide bonds. The van der Waals surface area contributed by atoms with Gasteiger partial charge in [0.25, 0.3) is 0 Å². The molecule has 1 aliphatic heterocycles. The van der Waals surface area contributed by atoms with Gasteiger partial charge in [0.15, 0.2) is 0 Å². The highest BCUT2D eigenvalue weighted by Gasteiger charge is 2.10. The zero-order valence-corrected chi connectivity index (χ0v) is 8.85. The number of hydrogen-bond acceptors (Lipinski definition) is 3. The van der Waals surface area contributed by atoms with E-state index in [1.807, 2.05) is 0 Å². The summed E-state index contributed by atoms with van der Waals surface area (Å²) in [6, 6.07) is 0. The SMILES string of the molecule is O=C(CCS)NCCN1CCCC1. The molecule has 0 aromatic heterocycles. The van der Waals surface area contributed by atoms with Crippen LogP contribution in [0.15, 0.2) is 0 Å². The lowest BCUT2D eigenvalue weighted by atomic mass is 10.4. The molecule has 0 saturated carbocycles. The number of amides is 1. The number of nitrogens with one attached hydrogen (secondary N) is 1. The van der Waals surface area contributed by atoms with Gasteiger partial charge in [-0.25, -0.2) is 0 Å². The molecule has 4 heteroatoms. The Hall–Kier alpha value is -0.220. The summed E-state index contributed by atoms with van der Waals surface area (Å²) in [5.41, 5.74) is 0. The van der Waals surface area contributed by atoms with E-state index < -0.39 is 0 Å². The van der Waals surface area contributed by atoms with Crippen molar-refractivity contribution in [2.75, 3.05) is 31.9 Å². The third-order valence-electron chi connectivity index (χ3n) is 2.29. The van der Waals surface area contributed by atoms with E-state index in [9.17, 15) is 4.79 Å². The molecule has 0 radical (unpaired) electrons. The molecule has 1 saturated heterocycles. The first kappa shape index (κ1) is 10.9. The van der Waals surface area contributed by atoms with E-state index in [4.69, 9.17) is 0 Å². The summed E-state index contributed by atoms with van der Waals surface area (Å²) >= 11 is 4.00. The van der Waals surface area contributed by atoms with Crippen LogP contribution in [0.2, 0.25) is 0 Å². The lowest BCUT2D eigenvalue weighted by Gasteiger charge is -2.14.